The Morgan fingerprint density at radius 3 is 2.81 bits per heavy atom. The monoisotopic (exact) mass is 243 g/mol. The molecule has 0 bridgehead atoms. The maximum atomic E-state index is 5.68. The molecule has 0 amide bonds. The Labute approximate surface area is 101 Å². The summed E-state index contributed by atoms with van der Waals surface area (Å²) in [5.41, 5.74) is 6.46. The fraction of sp³-hybridized carbons (Fsp3) is 0.818. The summed E-state index contributed by atoms with van der Waals surface area (Å²) in [7, 11) is 0. The molecule has 1 heterocycles. The third kappa shape index (κ3) is 4.45. The minimum Gasteiger partial charge on any atom is -0.388 e. The molecule has 1 unspecified atom stereocenters. The van der Waals surface area contributed by atoms with Gasteiger partial charge in [-0.3, -0.25) is 0 Å². The van der Waals surface area contributed by atoms with Crippen molar-refractivity contribution >= 4 is 16.5 Å². The van der Waals surface area contributed by atoms with E-state index < -0.39 is 0 Å². The number of aromatic nitrogens is 2. The maximum absolute atomic E-state index is 5.68. The summed E-state index contributed by atoms with van der Waals surface area (Å²) in [4.78, 5) is 0. The highest BCUT2D eigenvalue weighted by Gasteiger charge is 2.08. The highest BCUT2D eigenvalue weighted by Crippen LogP contribution is 2.16. The second-order valence-corrected chi connectivity index (χ2v) is 4.80. The van der Waals surface area contributed by atoms with Crippen LogP contribution >= 0.6 is 11.5 Å². The molecule has 5 heteroatoms. The van der Waals surface area contributed by atoms with E-state index in [2.05, 4.69) is 23.4 Å². The summed E-state index contributed by atoms with van der Waals surface area (Å²) in [6, 6.07) is 0. The molecule has 1 atom stereocenters. The van der Waals surface area contributed by atoms with Gasteiger partial charge in [-0.2, -0.15) is 0 Å². The topological polar surface area (TPSA) is 61.0 Å². The summed E-state index contributed by atoms with van der Waals surface area (Å²) < 4.78 is 9.41. The van der Waals surface area contributed by atoms with Gasteiger partial charge in [-0.1, -0.05) is 37.6 Å². The van der Waals surface area contributed by atoms with Crippen LogP contribution in [0.25, 0.3) is 0 Å². The molecule has 0 aliphatic heterocycles. The number of nitrogens with zero attached hydrogens (tertiary/aromatic N) is 2. The van der Waals surface area contributed by atoms with E-state index in [4.69, 9.17) is 10.5 Å². The third-order valence-electron chi connectivity index (χ3n) is 2.72. The first-order valence-electron chi connectivity index (χ1n) is 5.92. The van der Waals surface area contributed by atoms with Crippen molar-refractivity contribution in [1.82, 2.24) is 9.59 Å². The average molecular weight is 243 g/mol. The van der Waals surface area contributed by atoms with Crippen molar-refractivity contribution in [3.8, 4) is 0 Å². The highest BCUT2D eigenvalue weighted by molar-refractivity contribution is 7.09. The Hall–Kier alpha value is -0.680. The molecule has 92 valence electrons. The number of anilines is 1. The van der Waals surface area contributed by atoms with Crippen molar-refractivity contribution in [3.63, 3.8) is 0 Å². The van der Waals surface area contributed by atoms with E-state index in [-0.39, 0.29) is 0 Å². The minimum atomic E-state index is 0.491. The Morgan fingerprint density at radius 2 is 2.25 bits per heavy atom. The molecular formula is C11H21N3OS. The van der Waals surface area contributed by atoms with Crippen LogP contribution in [0.15, 0.2) is 0 Å². The molecular weight excluding hydrogens is 222 g/mol. The number of rotatable bonds is 8. The zero-order valence-electron chi connectivity index (χ0n) is 10.1. The average Bonchev–Trinajstić information content (AvgIpc) is 2.69. The van der Waals surface area contributed by atoms with Crippen LogP contribution in [0, 0.1) is 5.92 Å². The molecule has 4 nitrogen and oxygen atoms in total. The van der Waals surface area contributed by atoms with Crippen LogP contribution in [0.1, 0.15) is 45.2 Å². The third-order valence-corrected chi connectivity index (χ3v) is 3.32. The summed E-state index contributed by atoms with van der Waals surface area (Å²) >= 11 is 1.22. The van der Waals surface area contributed by atoms with Gasteiger partial charge in [-0.05, 0) is 12.3 Å². The number of ether oxygens (including phenoxy) is 1. The molecule has 1 aromatic heterocycles. The Morgan fingerprint density at radius 1 is 1.44 bits per heavy atom. The standard InChI is InChI=1S/C11H21N3OS/c1-3-5-6-9(4-2)7-15-8-10-11(12)16-14-13-10/h9H,3-8,12H2,1-2H3. The van der Waals surface area contributed by atoms with E-state index >= 15 is 0 Å². The van der Waals surface area contributed by atoms with Crippen molar-refractivity contribution in [2.24, 2.45) is 5.92 Å². The van der Waals surface area contributed by atoms with Crippen LogP contribution in [0.2, 0.25) is 0 Å². The van der Waals surface area contributed by atoms with Crippen LogP contribution in [-0.4, -0.2) is 16.2 Å². The van der Waals surface area contributed by atoms with E-state index in [1.165, 1.54) is 37.2 Å². The molecule has 0 aliphatic rings. The molecule has 2 N–H and O–H groups in total. The first-order chi connectivity index (χ1) is 7.77. The lowest BCUT2D eigenvalue weighted by molar-refractivity contribution is 0.0802. The quantitative estimate of drug-likeness (QED) is 0.762. The van der Waals surface area contributed by atoms with Crippen molar-refractivity contribution in [2.45, 2.75) is 46.1 Å². The van der Waals surface area contributed by atoms with Crippen molar-refractivity contribution in [2.75, 3.05) is 12.3 Å². The van der Waals surface area contributed by atoms with Gasteiger partial charge in [0.05, 0.1) is 6.61 Å². The predicted molar refractivity (Wildman–Crippen MR) is 67.3 cm³/mol. The molecule has 0 fully saturated rings. The summed E-state index contributed by atoms with van der Waals surface area (Å²) in [5.74, 6) is 0.660. The lowest BCUT2D eigenvalue weighted by Crippen LogP contribution is -2.09. The lowest BCUT2D eigenvalue weighted by Gasteiger charge is -2.13. The molecule has 16 heavy (non-hydrogen) atoms. The predicted octanol–water partition coefficient (Wildman–Crippen LogP) is 2.85. The molecule has 0 aromatic carbocycles. The molecule has 1 aromatic rings. The van der Waals surface area contributed by atoms with E-state index in [0.29, 0.717) is 17.5 Å². The van der Waals surface area contributed by atoms with Gasteiger partial charge in [0.2, 0.25) is 0 Å². The van der Waals surface area contributed by atoms with Crippen LogP contribution in [-0.2, 0) is 11.3 Å². The van der Waals surface area contributed by atoms with Gasteiger partial charge in [-0.15, -0.1) is 5.10 Å². The number of nitrogen functional groups attached to an aromatic ring is 1. The summed E-state index contributed by atoms with van der Waals surface area (Å²) in [5, 5.41) is 4.59. The number of unbranched alkanes of at least 4 members (excludes halogenated alkanes) is 1. The fourth-order valence-electron chi connectivity index (χ4n) is 1.54. The molecule has 0 saturated carbocycles. The molecule has 0 saturated heterocycles. The van der Waals surface area contributed by atoms with E-state index in [0.717, 1.165) is 12.3 Å². The van der Waals surface area contributed by atoms with Crippen molar-refractivity contribution in [1.29, 1.82) is 0 Å². The highest BCUT2D eigenvalue weighted by atomic mass is 32.1. The Balaban J connectivity index is 2.20. The SMILES string of the molecule is CCCCC(CC)COCc1nnsc1N. The van der Waals surface area contributed by atoms with Gasteiger partial charge in [0, 0.05) is 18.1 Å². The maximum Gasteiger partial charge on any atom is 0.133 e. The van der Waals surface area contributed by atoms with Crippen molar-refractivity contribution in [3.05, 3.63) is 5.69 Å². The smallest absolute Gasteiger partial charge is 0.133 e. The summed E-state index contributed by atoms with van der Waals surface area (Å²) in [6.07, 6.45) is 4.95. The Kier molecular flexibility index (Phi) is 6.33. The molecule has 0 spiro atoms. The summed E-state index contributed by atoms with van der Waals surface area (Å²) in [6.45, 7) is 5.72. The van der Waals surface area contributed by atoms with E-state index in [9.17, 15) is 0 Å². The second kappa shape index (κ2) is 7.57. The number of hydrogen-bond donors (Lipinski definition) is 1. The first kappa shape index (κ1) is 13.4. The zero-order chi connectivity index (χ0) is 11.8. The molecule has 0 radical (unpaired) electrons. The Bertz CT molecular complexity index is 291. The lowest BCUT2D eigenvalue weighted by atomic mass is 10.0. The van der Waals surface area contributed by atoms with Crippen LogP contribution < -0.4 is 5.73 Å². The largest absolute Gasteiger partial charge is 0.388 e. The van der Waals surface area contributed by atoms with Gasteiger partial charge in [0.25, 0.3) is 0 Å². The van der Waals surface area contributed by atoms with Gasteiger partial charge < -0.3 is 10.5 Å². The van der Waals surface area contributed by atoms with Crippen LogP contribution in [0.4, 0.5) is 5.00 Å². The van der Waals surface area contributed by atoms with Gasteiger partial charge in [0.15, 0.2) is 0 Å². The number of hydrogen-bond acceptors (Lipinski definition) is 5. The van der Waals surface area contributed by atoms with Crippen molar-refractivity contribution < 1.29 is 4.74 Å². The molecule has 0 aliphatic carbocycles. The second-order valence-electron chi connectivity index (χ2n) is 4.02. The molecule has 1 rings (SSSR count). The van der Waals surface area contributed by atoms with Crippen LogP contribution in [0.3, 0.4) is 0 Å². The zero-order valence-corrected chi connectivity index (χ0v) is 10.9. The minimum absolute atomic E-state index is 0.491. The van der Waals surface area contributed by atoms with E-state index in [1.807, 2.05) is 0 Å². The first-order valence-corrected chi connectivity index (χ1v) is 6.69. The van der Waals surface area contributed by atoms with Gasteiger partial charge >= 0.3 is 0 Å². The normalized spacial score (nSPS) is 12.9. The van der Waals surface area contributed by atoms with Gasteiger partial charge in [0.1, 0.15) is 10.7 Å². The number of nitrogens with two attached hydrogens (primary N) is 1. The van der Waals surface area contributed by atoms with E-state index in [1.54, 1.807) is 0 Å². The van der Waals surface area contributed by atoms with Crippen LogP contribution in [0.5, 0.6) is 0 Å². The van der Waals surface area contributed by atoms with Gasteiger partial charge in [-0.25, -0.2) is 0 Å². The fourth-order valence-corrected chi connectivity index (χ4v) is 1.97.